The number of carboxylic acids is 1. The van der Waals surface area contributed by atoms with Crippen LogP contribution >= 0.6 is 0 Å². The van der Waals surface area contributed by atoms with Crippen LogP contribution in [-0.4, -0.2) is 75.5 Å². The third-order valence-corrected chi connectivity index (χ3v) is 11.2. The molecule has 0 saturated carbocycles. The number of rotatable bonds is 46. The third-order valence-electron chi connectivity index (χ3n) is 11.2. The number of quaternary nitrogens is 1. The molecule has 8 heteroatoms. The highest BCUT2D eigenvalue weighted by Crippen LogP contribution is 2.14. The van der Waals surface area contributed by atoms with Crippen LogP contribution in [0.5, 0.6) is 0 Å². The highest BCUT2D eigenvalue weighted by Gasteiger charge is 2.25. The fourth-order valence-electron chi connectivity index (χ4n) is 7.23. The summed E-state index contributed by atoms with van der Waals surface area (Å²) >= 11 is 0. The molecule has 0 saturated heterocycles. The third kappa shape index (κ3) is 45.4. The van der Waals surface area contributed by atoms with Crippen molar-refractivity contribution < 1.29 is 38.2 Å². The molecule has 376 valence electrons. The molecule has 0 aliphatic rings. The predicted octanol–water partition coefficient (Wildman–Crippen LogP) is 14.1. The molecule has 0 aromatic heterocycles. The molecule has 2 atom stereocenters. The lowest BCUT2D eigenvalue weighted by Crippen LogP contribution is -2.55. The SMILES string of the molecule is CC/C=C/C/C=C/C/C=C/C/C=C/C/C=C/CCCCCCCCCC(=O)OC(COCCC(C(=O)[O-])[N+](C)(C)C)COC(=O)CCCCCCCCCCC/C=C/C/C=C/C/C=C/CC. The summed E-state index contributed by atoms with van der Waals surface area (Å²) in [5.41, 5.74) is 0. The number of hydrogen-bond acceptors (Lipinski definition) is 7. The van der Waals surface area contributed by atoms with Gasteiger partial charge in [0.1, 0.15) is 12.6 Å². The van der Waals surface area contributed by atoms with E-state index in [0.717, 1.165) is 109 Å². The first-order chi connectivity index (χ1) is 32.1. The molecule has 0 spiro atoms. The summed E-state index contributed by atoms with van der Waals surface area (Å²) in [5.74, 6) is -1.76. The second kappa shape index (κ2) is 47.7. The Labute approximate surface area is 405 Å². The Morgan fingerprint density at radius 2 is 0.803 bits per heavy atom. The number of carbonyl (C=O) groups is 3. The summed E-state index contributed by atoms with van der Waals surface area (Å²) in [6.45, 7) is 4.42. The van der Waals surface area contributed by atoms with E-state index < -0.39 is 18.1 Å². The number of aliphatic carboxylic acids is 1. The van der Waals surface area contributed by atoms with Crippen LogP contribution in [0.4, 0.5) is 0 Å². The van der Waals surface area contributed by atoms with Crippen LogP contribution in [0.1, 0.15) is 200 Å². The maximum absolute atomic E-state index is 12.8. The van der Waals surface area contributed by atoms with E-state index in [9.17, 15) is 19.5 Å². The molecule has 2 unspecified atom stereocenters. The first-order valence-electron chi connectivity index (χ1n) is 26.3. The van der Waals surface area contributed by atoms with E-state index in [-0.39, 0.29) is 42.7 Å². The van der Waals surface area contributed by atoms with Gasteiger partial charge in [0, 0.05) is 19.3 Å². The number of ether oxygens (including phenoxy) is 3. The minimum absolute atomic E-state index is 0.0290. The van der Waals surface area contributed by atoms with Gasteiger partial charge in [0.05, 0.1) is 40.3 Å². The molecule has 0 amide bonds. The van der Waals surface area contributed by atoms with Gasteiger partial charge in [-0.05, 0) is 89.9 Å². The molecular weight excluding hydrogens is 823 g/mol. The Bertz CT molecular complexity index is 1400. The number of hydrogen-bond donors (Lipinski definition) is 0. The predicted molar refractivity (Wildman–Crippen MR) is 277 cm³/mol. The van der Waals surface area contributed by atoms with Crippen LogP contribution in [0, 0.1) is 0 Å². The van der Waals surface area contributed by atoms with Crippen LogP contribution in [-0.2, 0) is 28.6 Å². The second-order valence-corrected chi connectivity index (χ2v) is 18.3. The quantitative estimate of drug-likeness (QED) is 0.0259. The summed E-state index contributed by atoms with van der Waals surface area (Å²) in [7, 11) is 5.40. The molecule has 66 heavy (non-hydrogen) atoms. The summed E-state index contributed by atoms with van der Waals surface area (Å²) in [6, 6.07) is -0.735. The van der Waals surface area contributed by atoms with Crippen molar-refractivity contribution in [1.82, 2.24) is 0 Å². The standard InChI is InChI=1S/C58H97NO7/c1-6-8-10-12-14-16-18-20-22-24-26-27-28-29-31-33-35-37-39-41-43-45-47-49-57(61)66-54(52-64-51-50-55(58(62)63)59(3,4)5)53-65-56(60)48-46-44-42-40-38-36-34-32-30-25-23-21-19-17-15-13-11-9-7-2/h8-11,14-17,20-23,26-27,29,31,54-55H,6-7,12-13,18-19,24-25,28,30,32-53H2,1-5H3/b10-8+,11-9+,16-14+,17-15+,22-20+,23-21+,27-26+,31-29+. The minimum atomic E-state index is -1.13. The Balaban J connectivity index is 4.28. The van der Waals surface area contributed by atoms with E-state index in [1.165, 1.54) is 57.8 Å². The largest absolute Gasteiger partial charge is 0.544 e. The molecule has 0 heterocycles. The number of carbonyl (C=O) groups excluding carboxylic acids is 3. The Kier molecular flexibility index (Phi) is 45.0. The van der Waals surface area contributed by atoms with Crippen LogP contribution in [0.3, 0.4) is 0 Å². The van der Waals surface area contributed by atoms with Crippen LogP contribution in [0.15, 0.2) is 97.2 Å². The highest BCUT2D eigenvalue weighted by molar-refractivity contribution is 5.70. The maximum atomic E-state index is 12.8. The van der Waals surface area contributed by atoms with Crippen molar-refractivity contribution in [2.45, 2.75) is 212 Å². The molecule has 8 nitrogen and oxygen atoms in total. The van der Waals surface area contributed by atoms with Gasteiger partial charge in [-0.1, -0.05) is 188 Å². The number of allylic oxidation sites excluding steroid dienone is 16. The van der Waals surface area contributed by atoms with Crippen LogP contribution in [0.2, 0.25) is 0 Å². The molecular formula is C58H97NO7. The van der Waals surface area contributed by atoms with Crippen molar-refractivity contribution >= 4 is 17.9 Å². The molecule has 0 aromatic carbocycles. The molecule has 0 fully saturated rings. The zero-order chi connectivity index (χ0) is 48.4. The molecule has 0 radical (unpaired) electrons. The van der Waals surface area contributed by atoms with Crippen molar-refractivity contribution in [3.05, 3.63) is 97.2 Å². The summed E-state index contributed by atoms with van der Waals surface area (Å²) < 4.78 is 17.2. The second-order valence-electron chi connectivity index (χ2n) is 18.3. The lowest BCUT2D eigenvalue weighted by molar-refractivity contribution is -0.889. The number of nitrogens with zero attached hydrogens (tertiary/aromatic N) is 1. The van der Waals surface area contributed by atoms with E-state index in [1.54, 1.807) is 21.1 Å². The summed E-state index contributed by atoms with van der Waals surface area (Å²) in [6.07, 6.45) is 64.3. The fraction of sp³-hybridized carbons (Fsp3) is 0.672. The Morgan fingerprint density at radius 3 is 1.18 bits per heavy atom. The maximum Gasteiger partial charge on any atom is 0.306 e. The van der Waals surface area contributed by atoms with Gasteiger partial charge in [0.25, 0.3) is 0 Å². The van der Waals surface area contributed by atoms with Crippen molar-refractivity contribution in [2.75, 3.05) is 41.0 Å². The van der Waals surface area contributed by atoms with Gasteiger partial charge in [-0.3, -0.25) is 9.59 Å². The van der Waals surface area contributed by atoms with Gasteiger partial charge in [0.15, 0.2) is 6.10 Å². The molecule has 0 rings (SSSR count). The van der Waals surface area contributed by atoms with Gasteiger partial charge < -0.3 is 28.6 Å². The summed E-state index contributed by atoms with van der Waals surface area (Å²) in [5, 5.41) is 11.7. The molecule has 0 aliphatic heterocycles. The minimum Gasteiger partial charge on any atom is -0.544 e. The van der Waals surface area contributed by atoms with Crippen molar-refractivity contribution in [1.29, 1.82) is 0 Å². The van der Waals surface area contributed by atoms with Gasteiger partial charge in [-0.2, -0.15) is 0 Å². The fourth-order valence-corrected chi connectivity index (χ4v) is 7.23. The van der Waals surface area contributed by atoms with Crippen molar-refractivity contribution in [2.24, 2.45) is 0 Å². The van der Waals surface area contributed by atoms with Crippen LogP contribution in [0.25, 0.3) is 0 Å². The molecule has 0 bridgehead atoms. The summed E-state index contributed by atoms with van der Waals surface area (Å²) in [4.78, 5) is 37.1. The zero-order valence-corrected chi connectivity index (χ0v) is 42.8. The first-order valence-corrected chi connectivity index (χ1v) is 26.3. The lowest BCUT2D eigenvalue weighted by Gasteiger charge is -2.34. The monoisotopic (exact) mass is 920 g/mol. The van der Waals surface area contributed by atoms with Crippen molar-refractivity contribution in [3.8, 4) is 0 Å². The number of esters is 2. The molecule has 0 aromatic rings. The Morgan fingerprint density at radius 1 is 0.455 bits per heavy atom. The molecule has 0 N–H and O–H groups in total. The number of carboxylic acid groups (broad SMARTS) is 1. The van der Waals surface area contributed by atoms with E-state index in [4.69, 9.17) is 14.2 Å². The number of unbranched alkanes of at least 4 members (excludes halogenated alkanes) is 16. The lowest BCUT2D eigenvalue weighted by atomic mass is 10.1. The van der Waals surface area contributed by atoms with E-state index in [2.05, 4.69) is 111 Å². The van der Waals surface area contributed by atoms with Crippen molar-refractivity contribution in [3.63, 3.8) is 0 Å². The zero-order valence-electron chi connectivity index (χ0n) is 42.8. The number of likely N-dealkylation sites (N-methyl/N-ethyl adjacent to an activating group) is 1. The van der Waals surface area contributed by atoms with Gasteiger partial charge in [-0.25, -0.2) is 0 Å². The molecule has 0 aliphatic carbocycles. The highest BCUT2D eigenvalue weighted by atomic mass is 16.6. The van der Waals surface area contributed by atoms with Crippen LogP contribution < -0.4 is 5.11 Å². The normalized spacial score (nSPS) is 13.7. The first kappa shape index (κ1) is 62.2. The van der Waals surface area contributed by atoms with E-state index in [0.29, 0.717) is 12.8 Å². The van der Waals surface area contributed by atoms with Gasteiger partial charge >= 0.3 is 11.9 Å². The average molecular weight is 920 g/mol. The average Bonchev–Trinajstić information content (AvgIpc) is 3.28. The topological polar surface area (TPSA) is 102 Å². The smallest absolute Gasteiger partial charge is 0.306 e. The van der Waals surface area contributed by atoms with E-state index in [1.807, 2.05) is 0 Å². The Hall–Kier alpha value is -3.75. The van der Waals surface area contributed by atoms with Gasteiger partial charge in [-0.15, -0.1) is 0 Å². The van der Waals surface area contributed by atoms with E-state index >= 15 is 0 Å². The van der Waals surface area contributed by atoms with Gasteiger partial charge in [0.2, 0.25) is 0 Å².